The molecule has 0 saturated heterocycles. The zero-order chi connectivity index (χ0) is 38.3. The van der Waals surface area contributed by atoms with Crippen LogP contribution >= 0.6 is 0 Å². The molecule has 56 heavy (non-hydrogen) atoms. The van der Waals surface area contributed by atoms with Crippen LogP contribution < -0.4 is 5.19 Å². The Hall–Kier alpha value is -4.74. The van der Waals surface area contributed by atoms with Gasteiger partial charge < -0.3 is 14.4 Å². The smallest absolute Gasteiger partial charge is 0.133 e. The molecule has 8 aromatic rings. The molecule has 1 fully saturated rings. The number of nitrogens with zero attached hydrogens (tertiary/aromatic N) is 2. The number of hydrogen-bond acceptors (Lipinski definition) is 3. The first-order valence-corrected chi connectivity index (χ1v) is 22.9. The van der Waals surface area contributed by atoms with Crippen molar-refractivity contribution in [3.8, 4) is 33.6 Å². The van der Waals surface area contributed by atoms with Gasteiger partial charge in [0.15, 0.2) is 0 Å². The molecule has 0 aliphatic heterocycles. The third-order valence-electron chi connectivity index (χ3n) is 11.6. The molecule has 0 N–H and O–H groups in total. The van der Waals surface area contributed by atoms with Crippen molar-refractivity contribution in [3.63, 3.8) is 0 Å². The molecule has 0 spiro atoms. The Morgan fingerprint density at radius 2 is 1.52 bits per heavy atom. The fourth-order valence-electron chi connectivity index (χ4n) is 8.46. The molecule has 6 heteroatoms. The topological polar surface area (TPSA) is 38.9 Å². The van der Waals surface area contributed by atoms with Gasteiger partial charge in [-0.05, 0) is 82.6 Å². The molecule has 5 aromatic carbocycles. The molecular weight excluding hydrogens is 884 g/mol. The quantitative estimate of drug-likeness (QED) is 0.123. The van der Waals surface area contributed by atoms with Gasteiger partial charge in [-0.2, -0.15) is 0 Å². The van der Waals surface area contributed by atoms with Crippen molar-refractivity contribution in [3.05, 3.63) is 151 Å². The molecule has 0 unspecified atom stereocenters. The number of halogens is 1. The second-order valence-electron chi connectivity index (χ2n) is 16.6. The van der Waals surface area contributed by atoms with Gasteiger partial charge in [0.05, 0.1) is 13.7 Å². The Labute approximate surface area is 344 Å². The van der Waals surface area contributed by atoms with E-state index < -0.39 is 8.07 Å². The molecule has 3 heterocycles. The molecule has 0 amide bonds. The van der Waals surface area contributed by atoms with Gasteiger partial charge in [-0.25, -0.2) is 4.39 Å². The summed E-state index contributed by atoms with van der Waals surface area (Å²) in [6.07, 6.45) is 9.18. The zero-order valence-electron chi connectivity index (χ0n) is 33.0. The maximum atomic E-state index is 15.3. The van der Waals surface area contributed by atoms with Gasteiger partial charge in [0.1, 0.15) is 11.4 Å². The minimum absolute atomic E-state index is 0. The number of hydrogen-bond donors (Lipinski definition) is 0. The Balaban J connectivity index is 0.000000188. The first-order valence-electron chi connectivity index (χ1n) is 19.4. The molecule has 3 aromatic heterocycles. The summed E-state index contributed by atoms with van der Waals surface area (Å²) < 4.78 is 21.4. The van der Waals surface area contributed by atoms with E-state index in [1.807, 2.05) is 60.8 Å². The fraction of sp³-hybridized carbons (Fsp3) is 0.240. The van der Waals surface area contributed by atoms with Crippen LogP contribution in [0, 0.1) is 30.8 Å². The van der Waals surface area contributed by atoms with Crippen LogP contribution in [0.15, 0.2) is 126 Å². The average Bonchev–Trinajstić information content (AvgIpc) is 3.87. The normalized spacial score (nSPS) is 13.5. The Bertz CT molecular complexity index is 2650. The van der Waals surface area contributed by atoms with Crippen molar-refractivity contribution < 1.29 is 28.9 Å². The van der Waals surface area contributed by atoms with E-state index in [1.54, 1.807) is 6.07 Å². The maximum Gasteiger partial charge on any atom is 0.133 e. The molecule has 285 valence electrons. The van der Waals surface area contributed by atoms with Crippen LogP contribution in [0.4, 0.5) is 4.39 Å². The van der Waals surface area contributed by atoms with Crippen LogP contribution in [-0.4, -0.2) is 18.0 Å². The Morgan fingerprint density at radius 1 is 0.768 bits per heavy atom. The van der Waals surface area contributed by atoms with Gasteiger partial charge in [0.25, 0.3) is 0 Å². The number of furan rings is 1. The van der Waals surface area contributed by atoms with Crippen LogP contribution in [0.3, 0.4) is 0 Å². The van der Waals surface area contributed by atoms with Crippen LogP contribution in [0.1, 0.15) is 50.7 Å². The van der Waals surface area contributed by atoms with Crippen LogP contribution in [0.25, 0.3) is 66.4 Å². The predicted octanol–water partition coefficient (Wildman–Crippen LogP) is 13.3. The van der Waals surface area contributed by atoms with Crippen molar-refractivity contribution in [2.24, 2.45) is 5.92 Å². The van der Waals surface area contributed by atoms with E-state index in [9.17, 15) is 0 Å². The van der Waals surface area contributed by atoms with E-state index in [1.165, 1.54) is 52.8 Å². The van der Waals surface area contributed by atoms with Gasteiger partial charge >= 0.3 is 0 Å². The third-order valence-corrected chi connectivity index (χ3v) is 13.8. The van der Waals surface area contributed by atoms with Gasteiger partial charge in [0.2, 0.25) is 0 Å². The molecule has 9 rings (SSSR count). The minimum Gasteiger partial charge on any atom is -0.500 e. The molecular formula is C50H47FIrN2OSi-2. The summed E-state index contributed by atoms with van der Waals surface area (Å²) in [7, 11) is -1.33. The fourth-order valence-corrected chi connectivity index (χ4v) is 10.2. The summed E-state index contributed by atoms with van der Waals surface area (Å²) in [5.74, 6) is 0.413. The molecule has 0 atom stereocenters. The molecule has 1 aliphatic rings. The van der Waals surface area contributed by atoms with Gasteiger partial charge in [-0.1, -0.05) is 129 Å². The summed E-state index contributed by atoms with van der Waals surface area (Å²) in [4.78, 5) is 9.37. The summed E-state index contributed by atoms with van der Waals surface area (Å²) in [5, 5.41) is 5.15. The van der Waals surface area contributed by atoms with Crippen LogP contribution in [-0.2, 0) is 25.5 Å². The number of aromatic nitrogens is 2. The molecule has 0 bridgehead atoms. The van der Waals surface area contributed by atoms with E-state index in [4.69, 9.17) is 9.40 Å². The number of fused-ring (bicyclic) bond motifs is 4. The first-order chi connectivity index (χ1) is 26.5. The standard InChI is InChI=1S/C31H27FNO.C19H20NSi.Ir/c1-31(2,23-10-6-7-11-23)24-14-15-33-27(19-24)21-12-13-28-25(16-21)30-26(32)17-22(18-29(30)34-28)20-8-4-3-5-9-20;1-14-12-18(20-13-19(14)21(2,3)4)17-11-7-9-15-8-5-6-10-16(15)17;/h3-5,8-9,13-19,23H,6-7,10-11H2,1-2H3;5-10,12-13H,1-4H3;/q2*-1;. The second kappa shape index (κ2) is 16.0. The predicted molar refractivity (Wildman–Crippen MR) is 230 cm³/mol. The minimum atomic E-state index is -1.33. The van der Waals surface area contributed by atoms with Crippen molar-refractivity contribution in [2.75, 3.05) is 0 Å². The summed E-state index contributed by atoms with van der Waals surface area (Å²) in [6, 6.07) is 42.8. The molecule has 1 aliphatic carbocycles. The van der Waals surface area contributed by atoms with E-state index in [0.29, 0.717) is 22.5 Å². The van der Waals surface area contributed by atoms with Gasteiger partial charge in [-0.3, -0.25) is 0 Å². The third kappa shape index (κ3) is 7.80. The number of rotatable bonds is 6. The first kappa shape index (κ1) is 39.5. The summed E-state index contributed by atoms with van der Waals surface area (Å²) >= 11 is 0. The molecule has 1 saturated carbocycles. The largest absolute Gasteiger partial charge is 0.500 e. The second-order valence-corrected chi connectivity index (χ2v) is 21.7. The molecule has 3 nitrogen and oxygen atoms in total. The maximum absolute atomic E-state index is 15.3. The van der Waals surface area contributed by atoms with Crippen molar-refractivity contribution in [1.82, 2.24) is 9.97 Å². The van der Waals surface area contributed by atoms with Crippen LogP contribution in [0.2, 0.25) is 19.6 Å². The van der Waals surface area contributed by atoms with Crippen molar-refractivity contribution in [1.29, 1.82) is 0 Å². The average molecular weight is 931 g/mol. The Kier molecular flexibility index (Phi) is 11.3. The summed E-state index contributed by atoms with van der Waals surface area (Å²) in [6.45, 7) is 14.0. The number of aryl methyl sites for hydroxylation is 1. The van der Waals surface area contributed by atoms with Gasteiger partial charge in [-0.15, -0.1) is 52.9 Å². The van der Waals surface area contributed by atoms with E-state index in [-0.39, 0.29) is 31.3 Å². The van der Waals surface area contributed by atoms with Crippen LogP contribution in [0.5, 0.6) is 0 Å². The van der Waals surface area contributed by atoms with E-state index in [0.717, 1.165) is 39.0 Å². The zero-order valence-corrected chi connectivity index (χ0v) is 36.4. The monoisotopic (exact) mass is 931 g/mol. The van der Waals surface area contributed by atoms with Crippen molar-refractivity contribution in [2.45, 2.75) is 71.5 Å². The molecule has 1 radical (unpaired) electrons. The summed E-state index contributed by atoms with van der Waals surface area (Å²) in [5.41, 5.74) is 9.51. The van der Waals surface area contributed by atoms with E-state index >= 15 is 4.39 Å². The van der Waals surface area contributed by atoms with Crippen molar-refractivity contribution >= 4 is 46.0 Å². The van der Waals surface area contributed by atoms with Gasteiger partial charge in [0, 0.05) is 37.9 Å². The van der Waals surface area contributed by atoms with E-state index in [2.05, 4.69) is 112 Å². The SMILES string of the molecule is CC(C)(c1ccnc(-c2[c-]cc3oc4cc(-c5ccccc5)cc(F)c4c3c2)c1)C1CCCC1.Cc1cc(-c2[c-]ccc3ccccc23)ncc1[Si](C)(C)C.[Ir]. The number of benzene rings is 5. The number of pyridine rings is 2. The Morgan fingerprint density at radius 3 is 2.27 bits per heavy atom.